The van der Waals surface area contributed by atoms with Gasteiger partial charge >= 0.3 is 0 Å². The highest BCUT2D eigenvalue weighted by atomic mass is 16.2. The molecular weight excluding hydrogens is 176 g/mol. The minimum Gasteiger partial charge on any atom is -0.341 e. The maximum Gasteiger partial charge on any atom is 0.225 e. The predicted octanol–water partition coefficient (Wildman–Crippen LogP) is 1.37. The van der Waals surface area contributed by atoms with Crippen LogP contribution in [0.3, 0.4) is 0 Å². The summed E-state index contributed by atoms with van der Waals surface area (Å²) in [6.07, 6.45) is 4.19. The molecule has 1 rings (SSSR count). The number of carbonyl (C=O) groups excluding carboxylic acids is 1. The van der Waals surface area contributed by atoms with E-state index in [-0.39, 0.29) is 12.0 Å². The van der Waals surface area contributed by atoms with E-state index in [0.29, 0.717) is 5.91 Å². The molecule has 0 aromatic rings. The number of nitrogens with two attached hydrogens (primary N) is 1. The number of rotatable bonds is 3. The zero-order valence-electron chi connectivity index (χ0n) is 9.33. The van der Waals surface area contributed by atoms with Crippen LogP contribution in [0.15, 0.2) is 0 Å². The van der Waals surface area contributed by atoms with Crippen molar-refractivity contribution in [3.63, 3.8) is 0 Å². The molecule has 3 nitrogen and oxygen atoms in total. The fourth-order valence-electron chi connectivity index (χ4n) is 2.08. The van der Waals surface area contributed by atoms with Crippen molar-refractivity contribution in [1.82, 2.24) is 4.90 Å². The third-order valence-corrected chi connectivity index (χ3v) is 2.91. The van der Waals surface area contributed by atoms with Crippen LogP contribution in [0.1, 0.15) is 39.5 Å². The van der Waals surface area contributed by atoms with Crippen LogP contribution in [0.25, 0.3) is 0 Å². The van der Waals surface area contributed by atoms with Gasteiger partial charge in [-0.3, -0.25) is 4.79 Å². The second-order valence-electron chi connectivity index (χ2n) is 4.38. The Morgan fingerprint density at radius 2 is 2.36 bits per heavy atom. The highest BCUT2D eigenvalue weighted by Crippen LogP contribution is 2.14. The van der Waals surface area contributed by atoms with E-state index in [2.05, 4.69) is 6.92 Å². The summed E-state index contributed by atoms with van der Waals surface area (Å²) in [5, 5.41) is 0. The molecule has 0 saturated carbocycles. The van der Waals surface area contributed by atoms with Crippen LogP contribution >= 0.6 is 0 Å². The van der Waals surface area contributed by atoms with Crippen molar-refractivity contribution in [2.75, 3.05) is 13.1 Å². The van der Waals surface area contributed by atoms with Crippen LogP contribution < -0.4 is 5.73 Å². The molecule has 0 aliphatic carbocycles. The average molecular weight is 198 g/mol. The molecule has 0 spiro atoms. The first-order valence-electron chi connectivity index (χ1n) is 5.69. The highest BCUT2D eigenvalue weighted by Gasteiger charge is 2.24. The van der Waals surface area contributed by atoms with Gasteiger partial charge in [-0.2, -0.15) is 0 Å². The largest absolute Gasteiger partial charge is 0.341 e. The summed E-state index contributed by atoms with van der Waals surface area (Å²) in [5.74, 6) is 0.465. The number of hydrogen-bond acceptors (Lipinski definition) is 2. The van der Waals surface area contributed by atoms with Gasteiger partial charge in [-0.05, 0) is 19.3 Å². The summed E-state index contributed by atoms with van der Waals surface area (Å²) in [6, 6.07) is 0.196. The van der Waals surface area contributed by atoms with Crippen molar-refractivity contribution >= 4 is 5.91 Å². The van der Waals surface area contributed by atoms with Crippen LogP contribution in [0.2, 0.25) is 0 Å². The number of carbonyl (C=O) groups is 1. The Hall–Kier alpha value is -0.570. The predicted molar refractivity (Wildman–Crippen MR) is 57.9 cm³/mol. The first kappa shape index (κ1) is 11.5. The molecule has 0 radical (unpaired) electrons. The standard InChI is InChI=1S/C11H22N2O/c1-3-5-9(2)11(14)13-7-4-6-10(12)8-13/h9-10H,3-8,12H2,1-2H3/t9?,10-/m1/s1. The molecule has 1 unspecified atom stereocenters. The van der Waals surface area contributed by atoms with Crippen LogP contribution in [0, 0.1) is 5.92 Å². The third kappa shape index (κ3) is 2.98. The minimum atomic E-state index is 0.172. The van der Waals surface area contributed by atoms with Gasteiger partial charge in [0.1, 0.15) is 0 Å². The number of piperidine rings is 1. The van der Waals surface area contributed by atoms with Crippen LogP contribution in [-0.2, 0) is 4.79 Å². The van der Waals surface area contributed by atoms with Gasteiger partial charge in [0.15, 0.2) is 0 Å². The van der Waals surface area contributed by atoms with E-state index in [1.54, 1.807) is 0 Å². The summed E-state index contributed by atoms with van der Waals surface area (Å²) in [6.45, 7) is 5.80. The Bertz CT molecular complexity index is 194. The van der Waals surface area contributed by atoms with Gasteiger partial charge in [-0.1, -0.05) is 20.3 Å². The molecular formula is C11H22N2O. The van der Waals surface area contributed by atoms with Gasteiger partial charge in [0.05, 0.1) is 0 Å². The Labute approximate surface area is 86.6 Å². The van der Waals surface area contributed by atoms with Crippen molar-refractivity contribution in [3.05, 3.63) is 0 Å². The number of hydrogen-bond donors (Lipinski definition) is 1. The first-order chi connectivity index (χ1) is 6.65. The number of likely N-dealkylation sites (tertiary alicyclic amines) is 1. The summed E-state index contributed by atoms with van der Waals surface area (Å²) < 4.78 is 0. The van der Waals surface area contributed by atoms with Gasteiger partial charge in [0, 0.05) is 25.0 Å². The minimum absolute atomic E-state index is 0.172. The zero-order chi connectivity index (χ0) is 10.6. The number of nitrogens with zero attached hydrogens (tertiary/aromatic N) is 1. The monoisotopic (exact) mass is 198 g/mol. The molecule has 1 amide bonds. The van der Waals surface area contributed by atoms with Gasteiger partial charge < -0.3 is 10.6 Å². The molecule has 1 heterocycles. The second-order valence-corrected chi connectivity index (χ2v) is 4.38. The Kier molecular flexibility index (Phi) is 4.39. The molecule has 0 aromatic carbocycles. The van der Waals surface area contributed by atoms with Crippen molar-refractivity contribution in [1.29, 1.82) is 0 Å². The zero-order valence-corrected chi connectivity index (χ0v) is 9.33. The van der Waals surface area contributed by atoms with E-state index in [4.69, 9.17) is 5.73 Å². The molecule has 1 saturated heterocycles. The molecule has 1 aliphatic heterocycles. The van der Waals surface area contributed by atoms with E-state index in [9.17, 15) is 4.79 Å². The summed E-state index contributed by atoms with van der Waals surface area (Å²) in [5.41, 5.74) is 5.84. The van der Waals surface area contributed by atoms with Gasteiger partial charge in [-0.15, -0.1) is 0 Å². The molecule has 2 N–H and O–H groups in total. The first-order valence-corrected chi connectivity index (χ1v) is 5.69. The maximum atomic E-state index is 11.9. The lowest BCUT2D eigenvalue weighted by molar-refractivity contribution is -0.136. The lowest BCUT2D eigenvalue weighted by atomic mass is 10.0. The molecule has 82 valence electrons. The fourth-order valence-corrected chi connectivity index (χ4v) is 2.08. The summed E-state index contributed by atoms with van der Waals surface area (Å²) in [7, 11) is 0. The molecule has 1 aliphatic rings. The van der Waals surface area contributed by atoms with E-state index < -0.39 is 0 Å². The van der Waals surface area contributed by atoms with Crippen molar-refractivity contribution < 1.29 is 4.79 Å². The Morgan fingerprint density at radius 1 is 1.64 bits per heavy atom. The topological polar surface area (TPSA) is 46.3 Å². The summed E-state index contributed by atoms with van der Waals surface area (Å²) >= 11 is 0. The van der Waals surface area contributed by atoms with Crippen LogP contribution in [0.4, 0.5) is 0 Å². The molecule has 0 bridgehead atoms. The molecule has 14 heavy (non-hydrogen) atoms. The number of amides is 1. The van der Waals surface area contributed by atoms with Gasteiger partial charge in [0.2, 0.25) is 5.91 Å². The van der Waals surface area contributed by atoms with E-state index in [1.807, 2.05) is 11.8 Å². The van der Waals surface area contributed by atoms with E-state index >= 15 is 0 Å². The molecule has 0 aromatic heterocycles. The van der Waals surface area contributed by atoms with Gasteiger partial charge in [0.25, 0.3) is 0 Å². The quantitative estimate of drug-likeness (QED) is 0.744. The summed E-state index contributed by atoms with van der Waals surface area (Å²) in [4.78, 5) is 13.8. The highest BCUT2D eigenvalue weighted by molar-refractivity contribution is 5.78. The van der Waals surface area contributed by atoms with Crippen molar-refractivity contribution in [2.24, 2.45) is 11.7 Å². The van der Waals surface area contributed by atoms with Crippen LogP contribution in [-0.4, -0.2) is 29.9 Å². The third-order valence-electron chi connectivity index (χ3n) is 2.91. The molecule has 3 heteroatoms. The maximum absolute atomic E-state index is 11.9. The van der Waals surface area contributed by atoms with E-state index in [0.717, 1.165) is 38.8 Å². The molecule has 2 atom stereocenters. The Morgan fingerprint density at radius 3 is 2.93 bits per heavy atom. The van der Waals surface area contributed by atoms with Crippen molar-refractivity contribution in [2.45, 2.75) is 45.6 Å². The lowest BCUT2D eigenvalue weighted by Crippen LogP contribution is -2.47. The lowest BCUT2D eigenvalue weighted by Gasteiger charge is -2.32. The molecule has 1 fully saturated rings. The van der Waals surface area contributed by atoms with E-state index in [1.165, 1.54) is 0 Å². The average Bonchev–Trinajstić information content (AvgIpc) is 2.17. The Balaban J connectivity index is 2.42. The normalized spacial score (nSPS) is 24.8. The van der Waals surface area contributed by atoms with Gasteiger partial charge in [-0.25, -0.2) is 0 Å². The van der Waals surface area contributed by atoms with Crippen LogP contribution in [0.5, 0.6) is 0 Å². The second kappa shape index (κ2) is 5.35. The fraction of sp³-hybridized carbons (Fsp3) is 0.909. The SMILES string of the molecule is CCCC(C)C(=O)N1CCC[C@@H](N)C1. The smallest absolute Gasteiger partial charge is 0.225 e. The van der Waals surface area contributed by atoms with Crippen molar-refractivity contribution in [3.8, 4) is 0 Å².